The number of rotatable bonds is 3. The molecule has 0 saturated heterocycles. The second-order valence-corrected chi connectivity index (χ2v) is 5.81. The third kappa shape index (κ3) is 3.53. The van der Waals surface area contributed by atoms with Crippen molar-refractivity contribution in [2.45, 2.75) is 32.2 Å². The molecule has 3 rings (SSSR count). The highest BCUT2D eigenvalue weighted by atomic mass is 19.4. The topological polar surface area (TPSA) is 70.0 Å². The second kappa shape index (κ2) is 6.09. The maximum Gasteiger partial charge on any atom is 0.434 e. The Balaban J connectivity index is 2.18. The van der Waals surface area contributed by atoms with Gasteiger partial charge >= 0.3 is 12.4 Å². The zero-order valence-corrected chi connectivity index (χ0v) is 13.9. The summed E-state index contributed by atoms with van der Waals surface area (Å²) < 4.78 is 80.1. The van der Waals surface area contributed by atoms with Crippen LogP contribution in [0.4, 0.5) is 26.3 Å². The van der Waals surface area contributed by atoms with Crippen LogP contribution < -0.4 is 5.56 Å². The predicted molar refractivity (Wildman–Crippen MR) is 79.9 cm³/mol. The fourth-order valence-electron chi connectivity index (χ4n) is 2.49. The van der Waals surface area contributed by atoms with E-state index in [1.54, 1.807) is 0 Å². The summed E-state index contributed by atoms with van der Waals surface area (Å²) in [4.78, 5) is 16.1. The van der Waals surface area contributed by atoms with Gasteiger partial charge in [-0.1, -0.05) is 0 Å². The molecule has 0 radical (unpaired) electrons. The van der Waals surface area contributed by atoms with Gasteiger partial charge in [-0.25, -0.2) is 4.98 Å². The molecule has 0 bridgehead atoms. The van der Waals surface area contributed by atoms with E-state index in [9.17, 15) is 31.1 Å². The number of aryl methyl sites for hydroxylation is 3. The van der Waals surface area contributed by atoms with E-state index in [-0.39, 0.29) is 17.2 Å². The van der Waals surface area contributed by atoms with Crippen LogP contribution in [-0.2, 0) is 19.8 Å². The minimum atomic E-state index is -4.96. The first kappa shape index (κ1) is 18.9. The Morgan fingerprint density at radius 2 is 1.81 bits per heavy atom. The van der Waals surface area contributed by atoms with Crippen LogP contribution in [0.15, 0.2) is 17.2 Å². The lowest BCUT2D eigenvalue weighted by Crippen LogP contribution is -2.24. The summed E-state index contributed by atoms with van der Waals surface area (Å²) in [6.07, 6.45) is -8.78. The van der Waals surface area contributed by atoms with Crippen LogP contribution in [0.1, 0.15) is 17.9 Å². The Kier molecular flexibility index (Phi) is 4.27. The van der Waals surface area contributed by atoms with Crippen molar-refractivity contribution in [3.63, 3.8) is 0 Å². The second-order valence-electron chi connectivity index (χ2n) is 5.81. The summed E-state index contributed by atoms with van der Waals surface area (Å²) in [5.41, 5.74) is -3.66. The van der Waals surface area contributed by atoms with Crippen LogP contribution in [0.2, 0.25) is 0 Å². The molecule has 0 saturated carbocycles. The first-order chi connectivity index (χ1) is 12.4. The lowest BCUT2D eigenvalue weighted by atomic mass is 10.1. The average Bonchev–Trinajstić information content (AvgIpc) is 3.10. The van der Waals surface area contributed by atoms with Gasteiger partial charge in [0.15, 0.2) is 5.69 Å². The fourth-order valence-corrected chi connectivity index (χ4v) is 2.49. The minimum absolute atomic E-state index is 0.255. The van der Waals surface area contributed by atoms with Gasteiger partial charge in [0.2, 0.25) is 5.78 Å². The van der Waals surface area contributed by atoms with Crippen LogP contribution in [-0.4, -0.2) is 35.1 Å². The molecule has 146 valence electrons. The highest BCUT2D eigenvalue weighted by Crippen LogP contribution is 2.34. The molecule has 0 spiro atoms. The first-order valence-electron chi connectivity index (χ1n) is 7.51. The summed E-state index contributed by atoms with van der Waals surface area (Å²) in [6, 6.07) is 0. The van der Waals surface area contributed by atoms with E-state index in [4.69, 9.17) is 0 Å². The lowest BCUT2D eigenvalue weighted by Gasteiger charge is -2.10. The Hall–Kier alpha value is -2.86. The molecule has 0 unspecified atom stereocenters. The zero-order valence-electron chi connectivity index (χ0n) is 13.9. The number of alkyl halides is 6. The van der Waals surface area contributed by atoms with E-state index in [1.165, 1.54) is 18.5 Å². The number of hydrogen-bond acceptors (Lipinski definition) is 4. The SMILES string of the molecule is Cc1nn2c(=O)c(-c3cnn(CCC(F)(F)F)c3)c(C(F)(F)F)nc2n1C. The molecule has 0 aliphatic rings. The van der Waals surface area contributed by atoms with E-state index in [2.05, 4.69) is 15.2 Å². The van der Waals surface area contributed by atoms with Crippen LogP contribution in [0, 0.1) is 6.92 Å². The highest BCUT2D eigenvalue weighted by molar-refractivity contribution is 5.65. The lowest BCUT2D eigenvalue weighted by molar-refractivity contribution is -0.140. The Morgan fingerprint density at radius 1 is 1.15 bits per heavy atom. The van der Waals surface area contributed by atoms with Gasteiger partial charge in [-0.3, -0.25) is 9.48 Å². The average molecular weight is 394 g/mol. The predicted octanol–water partition coefficient (Wildman–Crippen LogP) is 2.57. The molecule has 13 heteroatoms. The van der Waals surface area contributed by atoms with Crippen molar-refractivity contribution >= 4 is 5.78 Å². The molecule has 0 fully saturated rings. The molecule has 7 nitrogen and oxygen atoms in total. The van der Waals surface area contributed by atoms with Gasteiger partial charge in [0.1, 0.15) is 5.82 Å². The van der Waals surface area contributed by atoms with E-state index in [0.717, 1.165) is 17.1 Å². The van der Waals surface area contributed by atoms with Crippen molar-refractivity contribution in [2.75, 3.05) is 0 Å². The van der Waals surface area contributed by atoms with E-state index >= 15 is 0 Å². The van der Waals surface area contributed by atoms with Crippen molar-refractivity contribution in [1.29, 1.82) is 0 Å². The van der Waals surface area contributed by atoms with Gasteiger partial charge in [0.25, 0.3) is 5.56 Å². The molecule has 3 heterocycles. The molecule has 0 N–H and O–H groups in total. The van der Waals surface area contributed by atoms with Crippen LogP contribution in [0.3, 0.4) is 0 Å². The molecule has 0 atom stereocenters. The highest BCUT2D eigenvalue weighted by Gasteiger charge is 2.39. The first-order valence-corrected chi connectivity index (χ1v) is 7.51. The van der Waals surface area contributed by atoms with Gasteiger partial charge in [0.05, 0.1) is 18.2 Å². The van der Waals surface area contributed by atoms with Crippen molar-refractivity contribution in [3.8, 4) is 11.1 Å². The minimum Gasteiger partial charge on any atom is -0.300 e. The van der Waals surface area contributed by atoms with E-state index in [1.807, 2.05) is 0 Å². The Morgan fingerprint density at radius 3 is 2.41 bits per heavy atom. The molecule has 27 heavy (non-hydrogen) atoms. The number of aromatic nitrogens is 6. The normalized spacial score (nSPS) is 12.9. The number of hydrogen-bond donors (Lipinski definition) is 0. The molecular weight excluding hydrogens is 382 g/mol. The Bertz CT molecular complexity index is 1060. The standard InChI is InChI=1S/C14H12F6N6O/c1-7-23-26-11(27)9(10(14(18,19)20)22-12(26)24(7)2)8-5-21-25(6-8)4-3-13(15,16)17/h5-6H,3-4H2,1-2H3. The number of nitrogens with zero attached hydrogens (tertiary/aromatic N) is 6. The van der Waals surface area contributed by atoms with Crippen molar-refractivity contribution in [2.24, 2.45) is 7.05 Å². The fraction of sp³-hybridized carbons (Fsp3) is 0.429. The van der Waals surface area contributed by atoms with Crippen LogP contribution in [0.25, 0.3) is 16.9 Å². The third-order valence-corrected chi connectivity index (χ3v) is 3.89. The maximum absolute atomic E-state index is 13.5. The van der Waals surface area contributed by atoms with Crippen molar-refractivity contribution in [1.82, 2.24) is 28.9 Å². The summed E-state index contributed by atoms with van der Waals surface area (Å²) in [7, 11) is 1.40. The number of halogens is 6. The summed E-state index contributed by atoms with van der Waals surface area (Å²) in [5.74, 6) is -0.0521. The summed E-state index contributed by atoms with van der Waals surface area (Å²) in [5, 5.41) is 7.47. The molecule has 3 aromatic rings. The smallest absolute Gasteiger partial charge is 0.300 e. The third-order valence-electron chi connectivity index (χ3n) is 3.89. The molecule has 0 aliphatic heterocycles. The molecule has 0 amide bonds. The molecule has 0 aliphatic carbocycles. The summed E-state index contributed by atoms with van der Waals surface area (Å²) >= 11 is 0. The largest absolute Gasteiger partial charge is 0.434 e. The molecular formula is C14H12F6N6O. The van der Waals surface area contributed by atoms with Crippen molar-refractivity contribution < 1.29 is 26.3 Å². The number of fused-ring (bicyclic) bond motifs is 1. The van der Waals surface area contributed by atoms with Gasteiger partial charge in [0, 0.05) is 25.4 Å². The summed E-state index contributed by atoms with van der Waals surface area (Å²) in [6.45, 7) is 0.890. The zero-order chi connectivity index (χ0) is 20.1. The van der Waals surface area contributed by atoms with Gasteiger partial charge in [-0.2, -0.15) is 36.0 Å². The van der Waals surface area contributed by atoms with Crippen LogP contribution in [0.5, 0.6) is 0 Å². The van der Waals surface area contributed by atoms with E-state index in [0.29, 0.717) is 4.52 Å². The maximum atomic E-state index is 13.5. The van der Waals surface area contributed by atoms with Gasteiger partial charge < -0.3 is 4.57 Å². The molecule has 3 aromatic heterocycles. The van der Waals surface area contributed by atoms with Crippen LogP contribution >= 0.6 is 0 Å². The van der Waals surface area contributed by atoms with Gasteiger partial charge in [-0.05, 0) is 6.92 Å². The Labute approximate surface area is 146 Å². The van der Waals surface area contributed by atoms with E-state index < -0.39 is 42.1 Å². The van der Waals surface area contributed by atoms with Gasteiger partial charge in [-0.15, -0.1) is 5.10 Å². The van der Waals surface area contributed by atoms with Crippen molar-refractivity contribution in [3.05, 3.63) is 34.3 Å². The quantitative estimate of drug-likeness (QED) is 0.641. The monoisotopic (exact) mass is 394 g/mol. The molecule has 0 aromatic carbocycles.